The quantitative estimate of drug-likeness (QED) is 0.744. The van der Waals surface area contributed by atoms with Crippen LogP contribution in [0.25, 0.3) is 10.9 Å². The van der Waals surface area contributed by atoms with E-state index in [0.29, 0.717) is 0 Å². The molecule has 0 atom stereocenters. The highest BCUT2D eigenvalue weighted by molar-refractivity contribution is 5.91. The van der Waals surface area contributed by atoms with E-state index in [1.807, 2.05) is 12.3 Å². The number of hydrogen-bond acceptors (Lipinski definition) is 2. The fraction of sp³-hybridized carbons (Fsp3) is 0.211. The second-order valence-corrected chi connectivity index (χ2v) is 5.70. The van der Waals surface area contributed by atoms with Crippen LogP contribution in [-0.2, 0) is 6.54 Å². The van der Waals surface area contributed by atoms with Crippen LogP contribution in [0.3, 0.4) is 0 Å². The molecule has 2 heteroatoms. The molecule has 1 aromatic heterocycles. The van der Waals surface area contributed by atoms with Gasteiger partial charge in [-0.15, -0.1) is 0 Å². The minimum Gasteiger partial charge on any atom is -0.380 e. The smallest absolute Gasteiger partial charge is 0.0722 e. The molecule has 0 unspecified atom stereocenters. The molecular weight excluding hydrogens is 256 g/mol. The van der Waals surface area contributed by atoms with Gasteiger partial charge >= 0.3 is 0 Å². The maximum Gasteiger partial charge on any atom is 0.0722 e. The number of benzene rings is 2. The van der Waals surface area contributed by atoms with Gasteiger partial charge < -0.3 is 5.32 Å². The van der Waals surface area contributed by atoms with Crippen LogP contribution in [-0.4, -0.2) is 4.98 Å². The molecule has 0 bridgehead atoms. The van der Waals surface area contributed by atoms with Crippen LogP contribution in [0.4, 0.5) is 5.69 Å². The van der Waals surface area contributed by atoms with Gasteiger partial charge in [0.05, 0.1) is 5.52 Å². The lowest BCUT2D eigenvalue weighted by molar-refractivity contribution is 1.04. The summed E-state index contributed by atoms with van der Waals surface area (Å²) < 4.78 is 0. The van der Waals surface area contributed by atoms with E-state index in [2.05, 4.69) is 58.8 Å². The van der Waals surface area contributed by atoms with Crippen molar-refractivity contribution >= 4 is 16.6 Å². The standard InChI is InChI=1S/C19H18N2/c1-2-6-16(14-10-11-14)15(5-1)13-21-19-9-3-8-18-17(19)7-4-12-20-18/h1-9,12,14,21H,10-11,13H2. The average molecular weight is 274 g/mol. The number of fused-ring (bicyclic) bond motifs is 1. The van der Waals surface area contributed by atoms with Crippen LogP contribution in [0.2, 0.25) is 0 Å². The minimum atomic E-state index is 0.789. The first-order chi connectivity index (χ1) is 10.4. The number of rotatable bonds is 4. The predicted molar refractivity (Wildman–Crippen MR) is 87.5 cm³/mol. The lowest BCUT2D eigenvalue weighted by Crippen LogP contribution is -2.03. The maximum atomic E-state index is 4.41. The lowest BCUT2D eigenvalue weighted by atomic mass is 10.0. The van der Waals surface area contributed by atoms with Gasteiger partial charge in [-0.2, -0.15) is 0 Å². The number of nitrogens with zero attached hydrogens (tertiary/aromatic N) is 1. The molecule has 1 aliphatic rings. The molecule has 1 saturated carbocycles. The van der Waals surface area contributed by atoms with E-state index in [1.54, 1.807) is 0 Å². The van der Waals surface area contributed by atoms with Gasteiger partial charge in [-0.1, -0.05) is 30.3 Å². The van der Waals surface area contributed by atoms with Crippen LogP contribution in [0.1, 0.15) is 29.9 Å². The number of anilines is 1. The largest absolute Gasteiger partial charge is 0.380 e. The van der Waals surface area contributed by atoms with Crippen molar-refractivity contribution in [3.63, 3.8) is 0 Å². The molecule has 2 aromatic carbocycles. The van der Waals surface area contributed by atoms with E-state index < -0.39 is 0 Å². The third-order valence-corrected chi connectivity index (χ3v) is 4.19. The topological polar surface area (TPSA) is 24.9 Å². The molecule has 3 aromatic rings. The summed E-state index contributed by atoms with van der Waals surface area (Å²) in [6, 6.07) is 19.2. The minimum absolute atomic E-state index is 0.789. The monoisotopic (exact) mass is 274 g/mol. The number of nitrogens with one attached hydrogen (secondary N) is 1. The van der Waals surface area contributed by atoms with Crippen molar-refractivity contribution in [1.29, 1.82) is 0 Å². The molecule has 0 radical (unpaired) electrons. The van der Waals surface area contributed by atoms with Crippen molar-refractivity contribution in [3.05, 3.63) is 71.9 Å². The Bertz CT molecular complexity index is 770. The first-order valence-corrected chi connectivity index (χ1v) is 7.57. The Morgan fingerprint density at radius 2 is 1.86 bits per heavy atom. The Morgan fingerprint density at radius 3 is 2.76 bits per heavy atom. The van der Waals surface area contributed by atoms with Crippen molar-refractivity contribution in [1.82, 2.24) is 4.98 Å². The lowest BCUT2D eigenvalue weighted by Gasteiger charge is -2.12. The highest BCUT2D eigenvalue weighted by Crippen LogP contribution is 2.41. The zero-order valence-corrected chi connectivity index (χ0v) is 11.9. The van der Waals surface area contributed by atoms with E-state index in [-0.39, 0.29) is 0 Å². The molecule has 1 fully saturated rings. The number of hydrogen-bond donors (Lipinski definition) is 1. The Hall–Kier alpha value is -2.35. The zero-order valence-electron chi connectivity index (χ0n) is 11.9. The van der Waals surface area contributed by atoms with E-state index in [9.17, 15) is 0 Å². The van der Waals surface area contributed by atoms with Gasteiger partial charge in [0.2, 0.25) is 0 Å². The molecule has 1 heterocycles. The van der Waals surface area contributed by atoms with Gasteiger partial charge in [0.25, 0.3) is 0 Å². The maximum absolute atomic E-state index is 4.41. The predicted octanol–water partition coefficient (Wildman–Crippen LogP) is 4.72. The molecule has 21 heavy (non-hydrogen) atoms. The summed E-state index contributed by atoms with van der Waals surface area (Å²) in [6.07, 6.45) is 4.53. The van der Waals surface area contributed by atoms with Crippen LogP contribution in [0.5, 0.6) is 0 Å². The zero-order chi connectivity index (χ0) is 14.1. The normalized spacial score (nSPS) is 14.3. The Balaban J connectivity index is 1.61. The number of aromatic nitrogens is 1. The molecule has 0 saturated heterocycles. The summed E-state index contributed by atoms with van der Waals surface area (Å²) in [6.45, 7) is 0.876. The van der Waals surface area contributed by atoms with E-state index >= 15 is 0 Å². The van der Waals surface area contributed by atoms with Gasteiger partial charge in [-0.3, -0.25) is 4.98 Å². The van der Waals surface area contributed by atoms with Crippen molar-refractivity contribution < 1.29 is 0 Å². The highest BCUT2D eigenvalue weighted by Gasteiger charge is 2.25. The van der Waals surface area contributed by atoms with Crippen LogP contribution in [0.15, 0.2) is 60.8 Å². The van der Waals surface area contributed by atoms with E-state index in [1.165, 1.54) is 29.4 Å². The third-order valence-electron chi connectivity index (χ3n) is 4.19. The second kappa shape index (κ2) is 5.21. The van der Waals surface area contributed by atoms with Crippen molar-refractivity contribution in [2.24, 2.45) is 0 Å². The molecule has 0 aliphatic heterocycles. The fourth-order valence-corrected chi connectivity index (χ4v) is 2.94. The summed E-state index contributed by atoms with van der Waals surface area (Å²) in [5.74, 6) is 0.789. The van der Waals surface area contributed by atoms with Gasteiger partial charge in [0.15, 0.2) is 0 Å². The van der Waals surface area contributed by atoms with Crippen molar-refractivity contribution in [2.45, 2.75) is 25.3 Å². The summed E-state index contributed by atoms with van der Waals surface area (Å²) in [4.78, 5) is 4.41. The molecule has 0 amide bonds. The van der Waals surface area contributed by atoms with Crippen LogP contribution >= 0.6 is 0 Å². The van der Waals surface area contributed by atoms with Gasteiger partial charge in [0, 0.05) is 23.8 Å². The fourth-order valence-electron chi connectivity index (χ4n) is 2.94. The van der Waals surface area contributed by atoms with Gasteiger partial charge in [0.1, 0.15) is 0 Å². The first-order valence-electron chi connectivity index (χ1n) is 7.57. The second-order valence-electron chi connectivity index (χ2n) is 5.70. The van der Waals surface area contributed by atoms with Gasteiger partial charge in [-0.25, -0.2) is 0 Å². The summed E-state index contributed by atoms with van der Waals surface area (Å²) in [5, 5.41) is 4.77. The molecule has 4 rings (SSSR count). The van der Waals surface area contributed by atoms with Crippen molar-refractivity contribution in [2.75, 3.05) is 5.32 Å². The molecule has 2 nitrogen and oxygen atoms in total. The first kappa shape index (κ1) is 12.4. The summed E-state index contributed by atoms with van der Waals surface area (Å²) >= 11 is 0. The number of pyridine rings is 1. The highest BCUT2D eigenvalue weighted by atomic mass is 14.9. The van der Waals surface area contributed by atoms with Gasteiger partial charge in [-0.05, 0) is 54.2 Å². The van der Waals surface area contributed by atoms with E-state index in [0.717, 1.165) is 23.7 Å². The summed E-state index contributed by atoms with van der Waals surface area (Å²) in [5.41, 5.74) is 5.13. The third kappa shape index (κ3) is 2.49. The molecule has 104 valence electrons. The molecule has 1 aliphatic carbocycles. The molecule has 0 spiro atoms. The molecule has 1 N–H and O–H groups in total. The van der Waals surface area contributed by atoms with E-state index in [4.69, 9.17) is 0 Å². The Morgan fingerprint density at radius 1 is 0.952 bits per heavy atom. The Kier molecular flexibility index (Phi) is 3.07. The SMILES string of the molecule is c1ccc(C2CC2)c(CNc2cccc3ncccc23)c1. The Labute approximate surface area is 124 Å². The average Bonchev–Trinajstić information content (AvgIpc) is 3.38. The van der Waals surface area contributed by atoms with Crippen LogP contribution < -0.4 is 5.32 Å². The molecular formula is C19H18N2. The summed E-state index contributed by atoms with van der Waals surface area (Å²) in [7, 11) is 0. The van der Waals surface area contributed by atoms with Crippen LogP contribution in [0, 0.1) is 0 Å². The van der Waals surface area contributed by atoms with Crippen molar-refractivity contribution in [3.8, 4) is 0 Å².